The molecule has 0 bridgehead atoms. The number of carbonyl (C=O) groups is 1. The van der Waals surface area contributed by atoms with Crippen LogP contribution in [0.4, 0.5) is 11.4 Å². The summed E-state index contributed by atoms with van der Waals surface area (Å²) in [5, 5.41) is 4.89. The number of nitrogens with one attached hydrogen (secondary N) is 2. The molecule has 0 unspecified atom stereocenters. The van der Waals surface area contributed by atoms with E-state index in [0.29, 0.717) is 16.9 Å². The van der Waals surface area contributed by atoms with Gasteiger partial charge in [0.15, 0.2) is 0 Å². The van der Waals surface area contributed by atoms with Crippen LogP contribution in [0, 0.1) is 13.8 Å². The molecule has 6 heteroatoms. The quantitative estimate of drug-likeness (QED) is 0.438. The predicted octanol–water partition coefficient (Wildman–Crippen LogP) is 5.51. The molecule has 0 aliphatic carbocycles. The number of carbonyl (C=O) groups excluding carboxylic acids is 1. The smallest absolute Gasteiger partial charge is 0.261 e. The van der Waals surface area contributed by atoms with E-state index in [1.807, 2.05) is 49.4 Å². The number of amides is 1. The highest BCUT2D eigenvalue weighted by Crippen LogP contribution is 2.25. The fraction of sp³-hybridized carbons (Fsp3) is 0.0800. The van der Waals surface area contributed by atoms with Gasteiger partial charge in [-0.2, -0.15) is 0 Å². The second kappa shape index (κ2) is 8.24. The highest BCUT2D eigenvalue weighted by Gasteiger charge is 2.17. The first-order valence-electron chi connectivity index (χ1n) is 9.83. The van der Waals surface area contributed by atoms with E-state index in [4.69, 9.17) is 0 Å². The van der Waals surface area contributed by atoms with Gasteiger partial charge in [-0.05, 0) is 55.1 Å². The van der Waals surface area contributed by atoms with Crippen molar-refractivity contribution in [2.24, 2.45) is 0 Å². The maximum absolute atomic E-state index is 12.9. The van der Waals surface area contributed by atoms with Gasteiger partial charge in [0.05, 0.1) is 10.6 Å². The lowest BCUT2D eigenvalue weighted by Crippen LogP contribution is -2.16. The van der Waals surface area contributed by atoms with Gasteiger partial charge in [-0.1, -0.05) is 60.2 Å². The predicted molar refractivity (Wildman–Crippen MR) is 125 cm³/mol. The highest BCUT2D eigenvalue weighted by atomic mass is 32.2. The molecule has 5 nitrogen and oxygen atoms in total. The molecule has 0 atom stereocenters. The number of aryl methyl sites for hydroxylation is 2. The Labute approximate surface area is 181 Å². The third-order valence-electron chi connectivity index (χ3n) is 5.11. The van der Waals surface area contributed by atoms with Crippen LogP contribution in [0.1, 0.15) is 21.5 Å². The van der Waals surface area contributed by atoms with Crippen LogP contribution in [0.15, 0.2) is 89.8 Å². The van der Waals surface area contributed by atoms with Crippen LogP contribution >= 0.6 is 0 Å². The Hall–Kier alpha value is -3.64. The normalized spacial score (nSPS) is 11.3. The molecule has 0 saturated heterocycles. The number of hydrogen-bond donors (Lipinski definition) is 2. The Morgan fingerprint density at radius 1 is 0.774 bits per heavy atom. The van der Waals surface area contributed by atoms with Crippen molar-refractivity contribution in [3.8, 4) is 0 Å². The summed E-state index contributed by atoms with van der Waals surface area (Å²) < 4.78 is 28.1. The summed E-state index contributed by atoms with van der Waals surface area (Å²) in [6.07, 6.45) is 0. The molecule has 0 aliphatic heterocycles. The minimum Gasteiger partial charge on any atom is -0.321 e. The Balaban J connectivity index is 1.61. The van der Waals surface area contributed by atoms with Gasteiger partial charge < -0.3 is 5.32 Å². The number of hydrogen-bond acceptors (Lipinski definition) is 3. The average Bonchev–Trinajstić information content (AvgIpc) is 2.75. The SMILES string of the molecule is Cc1ccc(S(=O)(=O)Nc2cc(C(=O)Nc3cccc4ccccc34)ccc2C)cc1. The zero-order chi connectivity index (χ0) is 22.0. The fourth-order valence-electron chi connectivity index (χ4n) is 3.32. The summed E-state index contributed by atoms with van der Waals surface area (Å²) in [5.41, 5.74) is 3.12. The van der Waals surface area contributed by atoms with Crippen LogP contribution in [0.2, 0.25) is 0 Å². The maximum Gasteiger partial charge on any atom is 0.261 e. The number of sulfonamides is 1. The molecule has 156 valence electrons. The molecule has 0 aromatic heterocycles. The molecule has 1 amide bonds. The van der Waals surface area contributed by atoms with Crippen LogP contribution in [-0.4, -0.2) is 14.3 Å². The van der Waals surface area contributed by atoms with E-state index >= 15 is 0 Å². The minimum atomic E-state index is -3.76. The number of anilines is 2. The van der Waals surface area contributed by atoms with Crippen molar-refractivity contribution in [1.82, 2.24) is 0 Å². The van der Waals surface area contributed by atoms with E-state index in [9.17, 15) is 13.2 Å². The lowest BCUT2D eigenvalue weighted by atomic mass is 10.1. The Morgan fingerprint density at radius 2 is 1.48 bits per heavy atom. The van der Waals surface area contributed by atoms with Gasteiger partial charge in [0.1, 0.15) is 0 Å². The van der Waals surface area contributed by atoms with Gasteiger partial charge in [-0.25, -0.2) is 8.42 Å². The highest BCUT2D eigenvalue weighted by molar-refractivity contribution is 7.92. The molecular formula is C25H22N2O3S. The second-order valence-electron chi connectivity index (χ2n) is 7.43. The van der Waals surface area contributed by atoms with Crippen LogP contribution in [0.3, 0.4) is 0 Å². The van der Waals surface area contributed by atoms with Gasteiger partial charge in [0, 0.05) is 16.6 Å². The monoisotopic (exact) mass is 430 g/mol. The molecule has 4 aromatic carbocycles. The molecule has 0 saturated carbocycles. The van der Waals surface area contributed by atoms with Crippen molar-refractivity contribution in [3.05, 3.63) is 102 Å². The molecule has 31 heavy (non-hydrogen) atoms. The number of benzene rings is 4. The van der Waals surface area contributed by atoms with Crippen molar-refractivity contribution >= 4 is 38.1 Å². The summed E-state index contributed by atoms with van der Waals surface area (Å²) in [7, 11) is -3.76. The fourth-order valence-corrected chi connectivity index (χ4v) is 4.44. The lowest BCUT2D eigenvalue weighted by molar-refractivity contribution is 0.102. The van der Waals surface area contributed by atoms with Crippen LogP contribution < -0.4 is 10.0 Å². The van der Waals surface area contributed by atoms with Crippen molar-refractivity contribution in [1.29, 1.82) is 0 Å². The van der Waals surface area contributed by atoms with Gasteiger partial charge >= 0.3 is 0 Å². The van der Waals surface area contributed by atoms with Crippen molar-refractivity contribution in [2.45, 2.75) is 18.7 Å². The summed E-state index contributed by atoms with van der Waals surface area (Å²) in [4.78, 5) is 13.1. The first-order valence-corrected chi connectivity index (χ1v) is 11.3. The molecule has 0 radical (unpaired) electrons. The van der Waals surface area contributed by atoms with E-state index in [1.54, 1.807) is 49.4 Å². The third-order valence-corrected chi connectivity index (χ3v) is 6.49. The molecule has 0 fully saturated rings. The van der Waals surface area contributed by atoms with Crippen LogP contribution in [0.25, 0.3) is 10.8 Å². The van der Waals surface area contributed by atoms with Gasteiger partial charge in [-0.15, -0.1) is 0 Å². The summed E-state index contributed by atoms with van der Waals surface area (Å²) in [5.74, 6) is -0.313. The lowest BCUT2D eigenvalue weighted by Gasteiger charge is -2.13. The Kier molecular flexibility index (Phi) is 5.48. The van der Waals surface area contributed by atoms with Crippen molar-refractivity contribution in [3.63, 3.8) is 0 Å². The third kappa shape index (κ3) is 4.44. The second-order valence-corrected chi connectivity index (χ2v) is 9.11. The first-order chi connectivity index (χ1) is 14.8. The molecule has 0 heterocycles. The summed E-state index contributed by atoms with van der Waals surface area (Å²) in [6, 6.07) is 25.1. The number of fused-ring (bicyclic) bond motifs is 1. The van der Waals surface area contributed by atoms with Crippen molar-refractivity contribution in [2.75, 3.05) is 10.0 Å². The van der Waals surface area contributed by atoms with E-state index in [0.717, 1.165) is 21.9 Å². The van der Waals surface area contributed by atoms with E-state index in [1.165, 1.54) is 0 Å². The van der Waals surface area contributed by atoms with E-state index < -0.39 is 10.0 Å². The average molecular weight is 431 g/mol. The van der Waals surface area contributed by atoms with E-state index in [-0.39, 0.29) is 10.8 Å². The van der Waals surface area contributed by atoms with Gasteiger partial charge in [0.25, 0.3) is 15.9 Å². The maximum atomic E-state index is 12.9. The molecule has 2 N–H and O–H groups in total. The minimum absolute atomic E-state index is 0.170. The van der Waals surface area contributed by atoms with Crippen molar-refractivity contribution < 1.29 is 13.2 Å². The molecule has 0 spiro atoms. The molecule has 0 aliphatic rings. The van der Waals surface area contributed by atoms with Gasteiger partial charge in [-0.3, -0.25) is 9.52 Å². The zero-order valence-electron chi connectivity index (χ0n) is 17.2. The largest absolute Gasteiger partial charge is 0.321 e. The first kappa shape index (κ1) is 20.6. The number of rotatable bonds is 5. The zero-order valence-corrected chi connectivity index (χ0v) is 18.0. The summed E-state index contributed by atoms with van der Waals surface area (Å²) >= 11 is 0. The molecule has 4 rings (SSSR count). The topological polar surface area (TPSA) is 75.3 Å². The van der Waals surface area contributed by atoms with Crippen LogP contribution in [0.5, 0.6) is 0 Å². The van der Waals surface area contributed by atoms with Crippen LogP contribution in [-0.2, 0) is 10.0 Å². The van der Waals surface area contributed by atoms with E-state index in [2.05, 4.69) is 10.0 Å². The standard InChI is InChI=1S/C25H22N2O3S/c1-17-10-14-21(15-11-17)31(29,30)27-24-16-20(13-12-18(24)2)25(28)26-23-9-5-7-19-6-3-4-8-22(19)23/h3-16,27H,1-2H3,(H,26,28). The molecular weight excluding hydrogens is 408 g/mol. The summed E-state index contributed by atoms with van der Waals surface area (Å²) in [6.45, 7) is 3.69. The van der Waals surface area contributed by atoms with Gasteiger partial charge in [0.2, 0.25) is 0 Å². The Bertz CT molecular complexity index is 1370. The Morgan fingerprint density at radius 3 is 2.26 bits per heavy atom. The molecule has 4 aromatic rings.